The predicted octanol–water partition coefficient (Wildman–Crippen LogP) is 4.65. The van der Waals surface area contributed by atoms with Crippen molar-refractivity contribution in [2.24, 2.45) is 5.92 Å². The Labute approximate surface area is 218 Å². The fourth-order valence-corrected chi connectivity index (χ4v) is 3.69. The van der Waals surface area contributed by atoms with Gasteiger partial charge in [0.1, 0.15) is 12.1 Å². The van der Waals surface area contributed by atoms with E-state index >= 15 is 0 Å². The van der Waals surface area contributed by atoms with Crippen LogP contribution in [0.1, 0.15) is 75.9 Å². The summed E-state index contributed by atoms with van der Waals surface area (Å²) in [5.41, 5.74) is 0.992. The molecule has 3 atom stereocenters. The number of nitrogens with zero attached hydrogens (tertiary/aromatic N) is 1. The third-order valence-electron chi connectivity index (χ3n) is 5.85. The summed E-state index contributed by atoms with van der Waals surface area (Å²) in [7, 11) is 1.41. The molecule has 9 heteroatoms. The number of esters is 2. The van der Waals surface area contributed by atoms with Crippen LogP contribution in [0.15, 0.2) is 42.6 Å². The van der Waals surface area contributed by atoms with Gasteiger partial charge >= 0.3 is 11.9 Å². The first kappa shape index (κ1) is 29.6. The van der Waals surface area contributed by atoms with Gasteiger partial charge in [0.05, 0.1) is 13.0 Å². The largest absolute Gasteiger partial charge is 0.493 e. The van der Waals surface area contributed by atoms with Crippen LogP contribution in [0, 0.1) is 5.92 Å². The molecule has 1 amide bonds. The highest BCUT2D eigenvalue weighted by atomic mass is 16.7. The highest BCUT2D eigenvalue weighted by Crippen LogP contribution is 2.30. The van der Waals surface area contributed by atoms with E-state index in [0.717, 1.165) is 24.8 Å². The minimum atomic E-state index is -0.947. The minimum Gasteiger partial charge on any atom is -0.493 e. The topological polar surface area (TPSA) is 113 Å². The van der Waals surface area contributed by atoms with Crippen LogP contribution >= 0.6 is 0 Å². The van der Waals surface area contributed by atoms with Gasteiger partial charge in [-0.25, -0.2) is 9.78 Å². The number of nitrogens with one attached hydrogen (secondary N) is 1. The molecule has 0 aliphatic carbocycles. The molecular weight excluding hydrogens is 476 g/mol. The first-order valence-electron chi connectivity index (χ1n) is 12.6. The van der Waals surface area contributed by atoms with Gasteiger partial charge in [0.25, 0.3) is 5.91 Å². The third-order valence-corrected chi connectivity index (χ3v) is 5.85. The number of unbranched alkanes of at least 4 members (excludes halogenated alkanes) is 1. The van der Waals surface area contributed by atoms with Gasteiger partial charge < -0.3 is 24.3 Å². The highest BCUT2D eigenvalue weighted by Gasteiger charge is 2.28. The molecule has 0 aliphatic heterocycles. The van der Waals surface area contributed by atoms with Crippen LogP contribution in [0.25, 0.3) is 0 Å². The number of rotatable bonds is 14. The fraction of sp³-hybridized carbons (Fsp3) is 0.500. The van der Waals surface area contributed by atoms with E-state index in [1.807, 2.05) is 37.3 Å². The van der Waals surface area contributed by atoms with Crippen molar-refractivity contribution < 1.29 is 33.3 Å². The Morgan fingerprint density at radius 1 is 1.00 bits per heavy atom. The van der Waals surface area contributed by atoms with E-state index in [2.05, 4.69) is 17.2 Å². The van der Waals surface area contributed by atoms with Gasteiger partial charge in [-0.15, -0.1) is 0 Å². The van der Waals surface area contributed by atoms with Crippen molar-refractivity contribution in [2.45, 2.75) is 71.9 Å². The van der Waals surface area contributed by atoms with E-state index < -0.39 is 30.7 Å². The first-order chi connectivity index (χ1) is 17.7. The van der Waals surface area contributed by atoms with Crippen molar-refractivity contribution in [3.63, 3.8) is 0 Å². The van der Waals surface area contributed by atoms with Crippen LogP contribution < -0.4 is 14.8 Å². The molecule has 0 fully saturated rings. The Kier molecular flexibility index (Phi) is 11.9. The molecule has 202 valence electrons. The molecule has 1 heterocycles. The number of hydrogen-bond donors (Lipinski definition) is 1. The number of methoxy groups -OCH3 is 1. The average molecular weight is 515 g/mol. The molecule has 0 saturated heterocycles. The molecule has 0 spiro atoms. The molecule has 1 N–H and O–H groups in total. The second-order valence-electron chi connectivity index (χ2n) is 9.07. The zero-order chi connectivity index (χ0) is 27.4. The molecule has 2 rings (SSSR count). The van der Waals surface area contributed by atoms with E-state index in [1.54, 1.807) is 20.8 Å². The maximum Gasteiger partial charge on any atom is 0.328 e. The van der Waals surface area contributed by atoms with Gasteiger partial charge in [-0.05, 0) is 25.8 Å². The summed E-state index contributed by atoms with van der Waals surface area (Å²) in [6.07, 6.45) is 3.91. The smallest absolute Gasteiger partial charge is 0.328 e. The van der Waals surface area contributed by atoms with E-state index in [4.69, 9.17) is 18.9 Å². The fourth-order valence-electron chi connectivity index (χ4n) is 3.69. The van der Waals surface area contributed by atoms with Crippen LogP contribution in [0.3, 0.4) is 0 Å². The summed E-state index contributed by atoms with van der Waals surface area (Å²) in [5, 5.41) is 2.61. The number of carbonyl (C=O) groups is 3. The molecule has 0 saturated carbocycles. The monoisotopic (exact) mass is 514 g/mol. The number of benzene rings is 1. The SMILES string of the molecule is CCCC[C@H](c1ccccc1)[C@H](C)OC(=O)[C@H](C)NC(=O)c1nccc(OC)c1OCOC(=O)C(C)C. The maximum absolute atomic E-state index is 13.0. The summed E-state index contributed by atoms with van der Waals surface area (Å²) in [5.74, 6) is -1.74. The summed E-state index contributed by atoms with van der Waals surface area (Å²) < 4.78 is 21.6. The minimum absolute atomic E-state index is 0.00306. The summed E-state index contributed by atoms with van der Waals surface area (Å²) in [6.45, 7) is 8.50. The zero-order valence-corrected chi connectivity index (χ0v) is 22.5. The van der Waals surface area contributed by atoms with Crippen LogP contribution in [-0.2, 0) is 19.1 Å². The van der Waals surface area contributed by atoms with Gasteiger partial charge in [0, 0.05) is 18.2 Å². The average Bonchev–Trinajstić information content (AvgIpc) is 2.89. The quantitative estimate of drug-likeness (QED) is 0.286. The van der Waals surface area contributed by atoms with Crippen LogP contribution in [-0.4, -0.2) is 48.9 Å². The second kappa shape index (κ2) is 14.8. The van der Waals surface area contributed by atoms with Crippen LogP contribution in [0.2, 0.25) is 0 Å². The molecule has 9 nitrogen and oxygen atoms in total. The molecule has 1 aromatic carbocycles. The zero-order valence-electron chi connectivity index (χ0n) is 22.5. The van der Waals surface area contributed by atoms with Crippen molar-refractivity contribution in [3.05, 3.63) is 53.9 Å². The molecule has 2 aromatic rings. The van der Waals surface area contributed by atoms with E-state index in [1.165, 1.54) is 19.4 Å². The number of amides is 1. The number of hydrogen-bond acceptors (Lipinski definition) is 8. The lowest BCUT2D eigenvalue weighted by Crippen LogP contribution is -2.41. The molecule has 37 heavy (non-hydrogen) atoms. The molecule has 0 radical (unpaired) electrons. The standard InChI is InChI=1S/C28H38N2O7/c1-7-8-14-22(21-12-10-9-11-13-21)20(5)37-28(33)19(4)30-26(31)24-25(23(34-6)15-16-29-24)35-17-36-27(32)18(2)3/h9-13,15-16,18-20,22H,7-8,14,17H2,1-6H3,(H,30,31)/t19-,20-,22-/m0/s1. The van der Waals surface area contributed by atoms with Gasteiger partial charge in [-0.3, -0.25) is 9.59 Å². The first-order valence-corrected chi connectivity index (χ1v) is 12.6. The van der Waals surface area contributed by atoms with Gasteiger partial charge in [0.2, 0.25) is 6.79 Å². The van der Waals surface area contributed by atoms with Gasteiger partial charge in [0.15, 0.2) is 17.2 Å². The number of carbonyl (C=O) groups excluding carboxylic acids is 3. The lowest BCUT2D eigenvalue weighted by molar-refractivity contribution is -0.154. The Bertz CT molecular complexity index is 1030. The molecule has 0 aliphatic rings. The molecule has 1 aromatic heterocycles. The van der Waals surface area contributed by atoms with Gasteiger partial charge in [-0.2, -0.15) is 0 Å². The summed E-state index contributed by atoms with van der Waals surface area (Å²) in [4.78, 5) is 41.7. The van der Waals surface area contributed by atoms with Crippen molar-refractivity contribution in [3.8, 4) is 11.5 Å². The van der Waals surface area contributed by atoms with Crippen LogP contribution in [0.5, 0.6) is 11.5 Å². The van der Waals surface area contributed by atoms with E-state index in [9.17, 15) is 14.4 Å². The molecule has 0 bridgehead atoms. The maximum atomic E-state index is 13.0. The number of ether oxygens (including phenoxy) is 4. The lowest BCUT2D eigenvalue weighted by Gasteiger charge is -2.26. The predicted molar refractivity (Wildman–Crippen MR) is 138 cm³/mol. The Morgan fingerprint density at radius 2 is 1.70 bits per heavy atom. The van der Waals surface area contributed by atoms with Crippen molar-refractivity contribution >= 4 is 17.8 Å². The normalized spacial score (nSPS) is 13.3. The summed E-state index contributed by atoms with van der Waals surface area (Å²) >= 11 is 0. The third kappa shape index (κ3) is 8.77. The molecule has 0 unspecified atom stereocenters. The van der Waals surface area contributed by atoms with E-state index in [0.29, 0.717) is 0 Å². The Balaban J connectivity index is 2.08. The Hall–Kier alpha value is -3.62. The van der Waals surface area contributed by atoms with Crippen molar-refractivity contribution in [1.82, 2.24) is 10.3 Å². The lowest BCUT2D eigenvalue weighted by atomic mass is 9.89. The molecular formula is C28H38N2O7. The van der Waals surface area contributed by atoms with Crippen molar-refractivity contribution in [2.75, 3.05) is 13.9 Å². The summed E-state index contributed by atoms with van der Waals surface area (Å²) in [6, 6.07) is 10.5. The van der Waals surface area contributed by atoms with Crippen LogP contribution in [0.4, 0.5) is 0 Å². The van der Waals surface area contributed by atoms with E-state index in [-0.39, 0.29) is 35.1 Å². The number of aromatic nitrogens is 1. The number of pyridine rings is 1. The highest BCUT2D eigenvalue weighted by molar-refractivity contribution is 5.98. The van der Waals surface area contributed by atoms with Gasteiger partial charge in [-0.1, -0.05) is 63.9 Å². The van der Waals surface area contributed by atoms with Crippen molar-refractivity contribution in [1.29, 1.82) is 0 Å². The second-order valence-corrected chi connectivity index (χ2v) is 9.07. The Morgan fingerprint density at radius 3 is 2.32 bits per heavy atom.